The summed E-state index contributed by atoms with van der Waals surface area (Å²) in [5, 5.41) is 8.66. The van der Waals surface area contributed by atoms with Gasteiger partial charge in [-0.25, -0.2) is 18.2 Å². The number of halogens is 1. The van der Waals surface area contributed by atoms with Crippen molar-refractivity contribution in [3.8, 4) is 0 Å². The molecule has 0 aliphatic heterocycles. The van der Waals surface area contributed by atoms with Crippen molar-refractivity contribution in [2.75, 3.05) is 4.72 Å². The van der Waals surface area contributed by atoms with Crippen LogP contribution in [0, 0.1) is 0 Å². The molecule has 7 nitrogen and oxygen atoms in total. The molecule has 0 fully saturated rings. The number of anilines is 1. The molecule has 1 heterocycles. The van der Waals surface area contributed by atoms with Gasteiger partial charge in [-0.2, -0.15) is 0 Å². The summed E-state index contributed by atoms with van der Waals surface area (Å²) in [6.45, 7) is 0. The van der Waals surface area contributed by atoms with Crippen molar-refractivity contribution >= 4 is 33.4 Å². The largest absolute Gasteiger partial charge is 0.478 e. The van der Waals surface area contributed by atoms with Crippen LogP contribution in [0.5, 0.6) is 0 Å². The minimum absolute atomic E-state index is 0.0472. The zero-order valence-electron chi connectivity index (χ0n) is 9.82. The summed E-state index contributed by atoms with van der Waals surface area (Å²) in [6.07, 6.45) is 3.97. The lowest BCUT2D eigenvalue weighted by atomic mass is 10.2. The minimum Gasteiger partial charge on any atom is -0.478 e. The first-order valence-electron chi connectivity index (χ1n) is 5.22. The molecule has 0 saturated heterocycles. The van der Waals surface area contributed by atoms with Gasteiger partial charge in [-0.05, 0) is 18.2 Å². The summed E-state index contributed by atoms with van der Waals surface area (Å²) in [7, 11) is -3.91. The Balaban J connectivity index is 2.35. The number of nitrogens with one attached hydrogen (secondary N) is 1. The first kappa shape index (κ1) is 14.2. The maximum absolute atomic E-state index is 12.0. The zero-order valence-corrected chi connectivity index (χ0v) is 11.4. The standard InChI is InChI=1S/C11H8ClN3O4S/c12-9-5-7(1-2-8(9)11(16)17)20(18,19)15-10-6-13-3-4-14-10/h1-6H,(H,14,15)(H,16,17). The first-order valence-corrected chi connectivity index (χ1v) is 7.08. The molecule has 2 rings (SSSR count). The third-order valence-corrected chi connectivity index (χ3v) is 3.95. The monoisotopic (exact) mass is 313 g/mol. The quantitative estimate of drug-likeness (QED) is 0.887. The average molecular weight is 314 g/mol. The summed E-state index contributed by atoms with van der Waals surface area (Å²) in [5.41, 5.74) is -0.176. The summed E-state index contributed by atoms with van der Waals surface area (Å²) in [6, 6.07) is 3.33. The molecule has 1 aromatic carbocycles. The molecule has 0 saturated carbocycles. The first-order chi connectivity index (χ1) is 9.40. The van der Waals surface area contributed by atoms with Crippen LogP contribution in [0.25, 0.3) is 0 Å². The Hall–Kier alpha value is -2.19. The van der Waals surface area contributed by atoms with E-state index in [9.17, 15) is 13.2 Å². The van der Waals surface area contributed by atoms with Gasteiger partial charge in [-0.15, -0.1) is 0 Å². The summed E-state index contributed by atoms with van der Waals surface area (Å²) in [5.74, 6) is -1.19. The number of hydrogen-bond acceptors (Lipinski definition) is 5. The SMILES string of the molecule is O=C(O)c1ccc(S(=O)(=O)Nc2cnccn2)cc1Cl. The number of aromatic carboxylic acids is 1. The van der Waals surface area contributed by atoms with Crippen LogP contribution in [0.4, 0.5) is 5.82 Å². The van der Waals surface area contributed by atoms with Crippen molar-refractivity contribution in [3.63, 3.8) is 0 Å². The highest BCUT2D eigenvalue weighted by atomic mass is 35.5. The molecule has 0 bridgehead atoms. The van der Waals surface area contributed by atoms with Gasteiger partial charge in [0.1, 0.15) is 0 Å². The molecule has 0 atom stereocenters. The third kappa shape index (κ3) is 3.03. The molecule has 1 aromatic heterocycles. The van der Waals surface area contributed by atoms with E-state index in [1.54, 1.807) is 0 Å². The molecule has 0 spiro atoms. The van der Waals surface area contributed by atoms with E-state index >= 15 is 0 Å². The van der Waals surface area contributed by atoms with Gasteiger partial charge in [0.25, 0.3) is 10.0 Å². The Labute approximate surface area is 119 Å². The predicted molar refractivity (Wildman–Crippen MR) is 71.3 cm³/mol. The zero-order chi connectivity index (χ0) is 14.8. The second-order valence-corrected chi connectivity index (χ2v) is 5.73. The topological polar surface area (TPSA) is 109 Å². The highest BCUT2D eigenvalue weighted by molar-refractivity contribution is 7.92. The molecule has 20 heavy (non-hydrogen) atoms. The Kier molecular flexibility index (Phi) is 3.86. The number of sulfonamides is 1. The number of benzene rings is 1. The van der Waals surface area contributed by atoms with Crippen molar-refractivity contribution in [1.82, 2.24) is 9.97 Å². The number of rotatable bonds is 4. The predicted octanol–water partition coefficient (Wildman–Crippen LogP) is 1.63. The van der Waals surface area contributed by atoms with Crippen LogP contribution >= 0.6 is 11.6 Å². The van der Waals surface area contributed by atoms with Crippen LogP contribution in [-0.4, -0.2) is 29.5 Å². The van der Waals surface area contributed by atoms with Gasteiger partial charge in [0.2, 0.25) is 0 Å². The van der Waals surface area contributed by atoms with E-state index < -0.39 is 16.0 Å². The van der Waals surface area contributed by atoms with Crippen molar-refractivity contribution in [2.24, 2.45) is 0 Å². The number of hydrogen-bond donors (Lipinski definition) is 2. The number of nitrogens with zero attached hydrogens (tertiary/aromatic N) is 2. The highest BCUT2D eigenvalue weighted by Crippen LogP contribution is 2.22. The lowest BCUT2D eigenvalue weighted by molar-refractivity contribution is 0.0697. The number of carbonyl (C=O) groups is 1. The van der Waals surface area contributed by atoms with E-state index in [2.05, 4.69) is 14.7 Å². The highest BCUT2D eigenvalue weighted by Gasteiger charge is 2.18. The van der Waals surface area contributed by atoms with Gasteiger partial charge in [0, 0.05) is 12.4 Å². The summed E-state index contributed by atoms with van der Waals surface area (Å²) < 4.78 is 26.3. The molecule has 0 radical (unpaired) electrons. The summed E-state index contributed by atoms with van der Waals surface area (Å²) in [4.78, 5) is 18.1. The average Bonchev–Trinajstić information content (AvgIpc) is 2.38. The van der Waals surface area contributed by atoms with Gasteiger partial charge in [-0.3, -0.25) is 9.71 Å². The van der Waals surface area contributed by atoms with Crippen molar-refractivity contribution in [1.29, 1.82) is 0 Å². The second kappa shape index (κ2) is 5.43. The van der Waals surface area contributed by atoms with Gasteiger partial charge < -0.3 is 5.11 Å². The Morgan fingerprint density at radius 3 is 2.60 bits per heavy atom. The smallest absolute Gasteiger partial charge is 0.337 e. The normalized spacial score (nSPS) is 11.1. The number of carboxylic acids is 1. The molecule has 9 heteroatoms. The molecular weight excluding hydrogens is 306 g/mol. The third-order valence-electron chi connectivity index (χ3n) is 2.28. The van der Waals surface area contributed by atoms with Crippen molar-refractivity contribution < 1.29 is 18.3 Å². The molecule has 0 unspecified atom stereocenters. The van der Waals surface area contributed by atoms with Gasteiger partial charge in [-0.1, -0.05) is 11.6 Å². The second-order valence-electron chi connectivity index (χ2n) is 3.64. The maximum atomic E-state index is 12.0. The van der Waals surface area contributed by atoms with Gasteiger partial charge in [0.05, 0.1) is 21.7 Å². The Morgan fingerprint density at radius 2 is 2.05 bits per heavy atom. The fraction of sp³-hybridized carbons (Fsp3) is 0. The van der Waals surface area contributed by atoms with E-state index in [0.29, 0.717) is 0 Å². The van der Waals surface area contributed by atoms with E-state index in [4.69, 9.17) is 16.7 Å². The van der Waals surface area contributed by atoms with Crippen molar-refractivity contribution in [2.45, 2.75) is 4.90 Å². The molecule has 0 amide bonds. The fourth-order valence-electron chi connectivity index (χ4n) is 1.38. The molecule has 0 aliphatic carbocycles. The Bertz CT molecular complexity index is 750. The van der Waals surface area contributed by atoms with Crippen LogP contribution < -0.4 is 4.72 Å². The summed E-state index contributed by atoms with van der Waals surface area (Å²) >= 11 is 5.73. The molecule has 0 aliphatic rings. The van der Waals surface area contributed by atoms with Gasteiger partial charge >= 0.3 is 5.97 Å². The maximum Gasteiger partial charge on any atom is 0.337 e. The molecule has 104 valence electrons. The number of aromatic nitrogens is 2. The molecular formula is C11H8ClN3O4S. The lowest BCUT2D eigenvalue weighted by Gasteiger charge is -2.08. The van der Waals surface area contributed by atoms with E-state index in [-0.39, 0.29) is 21.3 Å². The van der Waals surface area contributed by atoms with Gasteiger partial charge in [0.15, 0.2) is 5.82 Å². The molecule has 2 N–H and O–H groups in total. The van der Waals surface area contributed by atoms with E-state index in [0.717, 1.165) is 18.2 Å². The van der Waals surface area contributed by atoms with Crippen LogP contribution in [0.15, 0.2) is 41.7 Å². The van der Waals surface area contributed by atoms with Crippen molar-refractivity contribution in [3.05, 3.63) is 47.4 Å². The van der Waals surface area contributed by atoms with Crippen LogP contribution in [0.1, 0.15) is 10.4 Å². The molecule has 2 aromatic rings. The number of carboxylic acid groups (broad SMARTS) is 1. The lowest BCUT2D eigenvalue weighted by Crippen LogP contribution is -2.14. The van der Waals surface area contributed by atoms with Crippen LogP contribution in [0.3, 0.4) is 0 Å². The Morgan fingerprint density at radius 1 is 1.30 bits per heavy atom. The van der Waals surface area contributed by atoms with E-state index in [1.165, 1.54) is 18.6 Å². The minimum atomic E-state index is -3.91. The van der Waals surface area contributed by atoms with Crippen LogP contribution in [-0.2, 0) is 10.0 Å². The van der Waals surface area contributed by atoms with Crippen LogP contribution in [0.2, 0.25) is 5.02 Å². The van der Waals surface area contributed by atoms with E-state index in [1.807, 2.05) is 0 Å². The fourth-order valence-corrected chi connectivity index (χ4v) is 2.73.